The topological polar surface area (TPSA) is 64.4 Å². The van der Waals surface area contributed by atoms with Crippen LogP contribution in [0.5, 0.6) is 5.75 Å². The van der Waals surface area contributed by atoms with Gasteiger partial charge < -0.3 is 14.2 Å². The third-order valence-electron chi connectivity index (χ3n) is 4.89. The summed E-state index contributed by atoms with van der Waals surface area (Å²) in [5.41, 5.74) is 0.850. The third kappa shape index (κ3) is 3.95. The number of hydrogen-bond donors (Lipinski definition) is 0. The molecule has 26 heavy (non-hydrogen) atoms. The summed E-state index contributed by atoms with van der Waals surface area (Å²) in [4.78, 5) is 31.1. The van der Waals surface area contributed by atoms with Crippen molar-refractivity contribution >= 4 is 11.6 Å². The van der Waals surface area contributed by atoms with Crippen LogP contribution in [0.3, 0.4) is 0 Å². The maximum absolute atomic E-state index is 12.7. The molecule has 0 unspecified atom stereocenters. The number of hydrogen-bond acceptors (Lipinski definition) is 5. The van der Waals surface area contributed by atoms with Gasteiger partial charge in [-0.3, -0.25) is 9.59 Å². The summed E-state index contributed by atoms with van der Waals surface area (Å²) in [6.07, 6.45) is 5.17. The molecule has 0 spiro atoms. The number of ketones is 1. The molecule has 3 rings (SSSR count). The Kier molecular flexibility index (Phi) is 5.71. The number of carbonyl (C=O) groups is 1. The van der Waals surface area contributed by atoms with E-state index in [1.807, 2.05) is 36.1 Å². The minimum atomic E-state index is -0.0945. The van der Waals surface area contributed by atoms with E-state index in [4.69, 9.17) is 4.74 Å². The summed E-state index contributed by atoms with van der Waals surface area (Å²) < 4.78 is 7.15. The Labute approximate surface area is 153 Å². The summed E-state index contributed by atoms with van der Waals surface area (Å²) in [6.45, 7) is 3.88. The molecule has 1 fully saturated rings. The van der Waals surface area contributed by atoms with Crippen LogP contribution in [0, 0.1) is 5.92 Å². The van der Waals surface area contributed by atoms with E-state index in [0.29, 0.717) is 31.9 Å². The largest absolute Gasteiger partial charge is 0.494 e. The molecule has 0 radical (unpaired) electrons. The molecule has 6 nitrogen and oxygen atoms in total. The SMILES string of the molecule is CCOc1ccccc1CC(=O)C1CCN(c2nccn(C)c2=O)CC1. The first kappa shape index (κ1) is 18.2. The van der Waals surface area contributed by atoms with Crippen molar-refractivity contribution in [3.8, 4) is 5.75 Å². The van der Waals surface area contributed by atoms with Crippen LogP contribution in [0.25, 0.3) is 0 Å². The highest BCUT2D eigenvalue weighted by atomic mass is 16.5. The summed E-state index contributed by atoms with van der Waals surface area (Å²) in [7, 11) is 1.72. The second kappa shape index (κ2) is 8.17. The van der Waals surface area contributed by atoms with E-state index < -0.39 is 0 Å². The normalized spacial score (nSPS) is 15.1. The van der Waals surface area contributed by atoms with Crippen molar-refractivity contribution in [3.63, 3.8) is 0 Å². The van der Waals surface area contributed by atoms with Crippen LogP contribution < -0.4 is 15.2 Å². The van der Waals surface area contributed by atoms with Gasteiger partial charge in [0.15, 0.2) is 5.82 Å². The van der Waals surface area contributed by atoms with Crippen molar-refractivity contribution < 1.29 is 9.53 Å². The van der Waals surface area contributed by atoms with Gasteiger partial charge >= 0.3 is 0 Å². The second-order valence-electron chi connectivity index (χ2n) is 6.61. The third-order valence-corrected chi connectivity index (χ3v) is 4.89. The quantitative estimate of drug-likeness (QED) is 0.795. The number of benzene rings is 1. The molecule has 0 bridgehead atoms. The summed E-state index contributed by atoms with van der Waals surface area (Å²) >= 11 is 0. The lowest BCUT2D eigenvalue weighted by molar-refractivity contribution is -0.122. The van der Waals surface area contributed by atoms with Gasteiger partial charge in [0.1, 0.15) is 11.5 Å². The fourth-order valence-electron chi connectivity index (χ4n) is 3.39. The molecule has 1 aliphatic heterocycles. The zero-order valence-electron chi connectivity index (χ0n) is 15.4. The fourth-order valence-corrected chi connectivity index (χ4v) is 3.39. The number of aromatic nitrogens is 2. The summed E-state index contributed by atoms with van der Waals surface area (Å²) in [5.74, 6) is 1.53. The number of nitrogens with zero attached hydrogens (tertiary/aromatic N) is 3. The molecule has 138 valence electrons. The van der Waals surface area contributed by atoms with E-state index in [2.05, 4.69) is 4.98 Å². The standard InChI is InChI=1S/C20H25N3O3/c1-3-26-18-7-5-4-6-16(18)14-17(24)15-8-11-23(12-9-15)19-20(25)22(2)13-10-21-19/h4-7,10,13,15H,3,8-9,11-12,14H2,1-2H3. The average molecular weight is 355 g/mol. The van der Waals surface area contributed by atoms with Gasteiger partial charge in [-0.1, -0.05) is 18.2 Å². The highest BCUT2D eigenvalue weighted by Gasteiger charge is 2.27. The molecule has 2 heterocycles. The molecule has 1 aliphatic rings. The van der Waals surface area contributed by atoms with Gasteiger partial charge in [0.2, 0.25) is 0 Å². The Balaban J connectivity index is 1.62. The molecule has 1 saturated heterocycles. The lowest BCUT2D eigenvalue weighted by Gasteiger charge is -2.31. The Hall–Kier alpha value is -2.63. The minimum absolute atomic E-state index is 0.0218. The maximum Gasteiger partial charge on any atom is 0.293 e. The van der Waals surface area contributed by atoms with Crippen LogP contribution in [0.15, 0.2) is 41.5 Å². The average Bonchev–Trinajstić information content (AvgIpc) is 2.66. The zero-order valence-corrected chi connectivity index (χ0v) is 15.4. The molecule has 0 atom stereocenters. The van der Waals surface area contributed by atoms with Crippen molar-refractivity contribution in [1.29, 1.82) is 0 Å². The summed E-state index contributed by atoms with van der Waals surface area (Å²) in [6, 6.07) is 7.72. The molecular formula is C20H25N3O3. The monoisotopic (exact) mass is 355 g/mol. The van der Waals surface area contributed by atoms with Crippen molar-refractivity contribution in [3.05, 3.63) is 52.6 Å². The molecule has 0 aliphatic carbocycles. The van der Waals surface area contributed by atoms with E-state index in [1.165, 1.54) is 4.57 Å². The summed E-state index contributed by atoms with van der Waals surface area (Å²) in [5, 5.41) is 0. The smallest absolute Gasteiger partial charge is 0.293 e. The number of carbonyl (C=O) groups excluding carboxylic acids is 1. The fraction of sp³-hybridized carbons (Fsp3) is 0.450. The second-order valence-corrected chi connectivity index (χ2v) is 6.61. The van der Waals surface area contributed by atoms with E-state index >= 15 is 0 Å². The first-order chi connectivity index (χ1) is 12.6. The van der Waals surface area contributed by atoms with E-state index in [0.717, 1.165) is 24.2 Å². The van der Waals surface area contributed by atoms with Gasteiger partial charge in [-0.2, -0.15) is 0 Å². The van der Waals surface area contributed by atoms with E-state index in [-0.39, 0.29) is 17.3 Å². The minimum Gasteiger partial charge on any atom is -0.494 e. The van der Waals surface area contributed by atoms with Crippen LogP contribution in [0.4, 0.5) is 5.82 Å². The Morgan fingerprint density at radius 1 is 1.27 bits per heavy atom. The van der Waals surface area contributed by atoms with Crippen LogP contribution in [-0.4, -0.2) is 35.0 Å². The van der Waals surface area contributed by atoms with Crippen molar-refractivity contribution in [2.24, 2.45) is 13.0 Å². The molecule has 0 saturated carbocycles. The van der Waals surface area contributed by atoms with E-state index in [1.54, 1.807) is 19.4 Å². The zero-order chi connectivity index (χ0) is 18.5. The van der Waals surface area contributed by atoms with Crippen molar-refractivity contribution in [2.45, 2.75) is 26.2 Å². The van der Waals surface area contributed by atoms with Gasteiger partial charge in [0.25, 0.3) is 5.56 Å². The maximum atomic E-state index is 12.7. The van der Waals surface area contributed by atoms with E-state index in [9.17, 15) is 9.59 Å². The Bertz CT molecular complexity index is 823. The first-order valence-corrected chi connectivity index (χ1v) is 9.10. The molecule has 1 aromatic carbocycles. The number of para-hydroxylation sites is 1. The highest BCUT2D eigenvalue weighted by molar-refractivity contribution is 5.84. The number of anilines is 1. The number of rotatable bonds is 6. The number of Topliss-reactive ketones (excluding diaryl/α,β-unsaturated/α-hetero) is 1. The van der Waals surface area contributed by atoms with Gasteiger partial charge in [0.05, 0.1) is 6.61 Å². The molecule has 6 heteroatoms. The van der Waals surface area contributed by atoms with Crippen molar-refractivity contribution in [2.75, 3.05) is 24.6 Å². The van der Waals surface area contributed by atoms with Crippen LogP contribution in [0.2, 0.25) is 0 Å². The Morgan fingerprint density at radius 3 is 2.73 bits per heavy atom. The van der Waals surface area contributed by atoms with Gasteiger partial charge in [-0.25, -0.2) is 4.98 Å². The molecule has 0 N–H and O–H groups in total. The molecule has 2 aromatic rings. The molecular weight excluding hydrogens is 330 g/mol. The van der Waals surface area contributed by atoms with Crippen molar-refractivity contribution in [1.82, 2.24) is 9.55 Å². The lowest BCUT2D eigenvalue weighted by Crippen LogP contribution is -2.40. The van der Waals surface area contributed by atoms with Gasteiger partial charge in [-0.15, -0.1) is 0 Å². The van der Waals surface area contributed by atoms with Crippen LogP contribution in [0.1, 0.15) is 25.3 Å². The van der Waals surface area contributed by atoms with Crippen LogP contribution in [-0.2, 0) is 18.3 Å². The number of piperidine rings is 1. The Morgan fingerprint density at radius 2 is 2.00 bits per heavy atom. The predicted molar refractivity (Wildman–Crippen MR) is 101 cm³/mol. The van der Waals surface area contributed by atoms with Crippen LogP contribution >= 0.6 is 0 Å². The number of ether oxygens (including phenoxy) is 1. The molecule has 1 aromatic heterocycles. The predicted octanol–water partition coefficient (Wildman–Crippen LogP) is 2.21. The van der Waals surface area contributed by atoms with Gasteiger partial charge in [-0.05, 0) is 25.8 Å². The van der Waals surface area contributed by atoms with Gasteiger partial charge in [0, 0.05) is 50.4 Å². The lowest BCUT2D eigenvalue weighted by atomic mass is 9.89. The number of aryl methyl sites for hydroxylation is 1. The molecule has 0 amide bonds. The highest BCUT2D eigenvalue weighted by Crippen LogP contribution is 2.25. The first-order valence-electron chi connectivity index (χ1n) is 9.10.